The second kappa shape index (κ2) is 5.83. The molecule has 0 spiro atoms. The topological polar surface area (TPSA) is 47.9 Å². The standard InChI is InChI=1S/C11H13NO3/c1-3-15-10-5-4-9(7-12-8-13)6-11(10)14-2/h4-6H,3,7H2,1-2H3. The minimum absolute atomic E-state index is 0.312. The van der Waals surface area contributed by atoms with Crippen molar-refractivity contribution in [3.63, 3.8) is 0 Å². The number of rotatable bonds is 5. The Labute approximate surface area is 88.5 Å². The van der Waals surface area contributed by atoms with Gasteiger partial charge in [0.15, 0.2) is 11.5 Å². The molecule has 1 aromatic carbocycles. The molecule has 0 bridgehead atoms. The third-order valence-electron chi connectivity index (χ3n) is 1.85. The molecule has 4 heteroatoms. The summed E-state index contributed by atoms with van der Waals surface area (Å²) >= 11 is 0. The summed E-state index contributed by atoms with van der Waals surface area (Å²) in [5.74, 6) is 1.34. The molecule has 0 saturated heterocycles. The van der Waals surface area contributed by atoms with Crippen LogP contribution in [0.3, 0.4) is 0 Å². The molecule has 0 radical (unpaired) electrons. The molecule has 80 valence electrons. The molecule has 0 atom stereocenters. The Balaban J connectivity index is 2.90. The van der Waals surface area contributed by atoms with Crippen LogP contribution in [0.5, 0.6) is 11.5 Å². The Bertz CT molecular complexity index is 370. The number of ether oxygens (including phenoxy) is 2. The molecule has 0 aliphatic carbocycles. The maximum atomic E-state index is 9.95. The van der Waals surface area contributed by atoms with Crippen molar-refractivity contribution in [1.29, 1.82) is 0 Å². The highest BCUT2D eigenvalue weighted by atomic mass is 16.5. The van der Waals surface area contributed by atoms with Gasteiger partial charge in [0.2, 0.25) is 6.08 Å². The van der Waals surface area contributed by atoms with Crippen LogP contribution in [0.2, 0.25) is 0 Å². The first kappa shape index (κ1) is 11.3. The van der Waals surface area contributed by atoms with Crippen LogP contribution in [0.1, 0.15) is 12.5 Å². The average Bonchev–Trinajstić information content (AvgIpc) is 2.28. The smallest absolute Gasteiger partial charge is 0.235 e. The molecule has 15 heavy (non-hydrogen) atoms. The SMILES string of the molecule is CCOc1ccc(CN=C=O)cc1OC. The normalized spacial score (nSPS) is 9.20. The predicted molar refractivity (Wildman–Crippen MR) is 56.0 cm³/mol. The summed E-state index contributed by atoms with van der Waals surface area (Å²) in [6, 6.07) is 5.44. The predicted octanol–water partition coefficient (Wildman–Crippen LogP) is 1.93. The molecule has 0 fully saturated rings. The van der Waals surface area contributed by atoms with E-state index in [2.05, 4.69) is 4.99 Å². The molecule has 0 amide bonds. The number of hydrogen-bond acceptors (Lipinski definition) is 4. The van der Waals surface area contributed by atoms with Crippen molar-refractivity contribution in [1.82, 2.24) is 0 Å². The van der Waals surface area contributed by atoms with Gasteiger partial charge < -0.3 is 9.47 Å². The number of hydrogen-bond donors (Lipinski definition) is 0. The lowest BCUT2D eigenvalue weighted by molar-refractivity contribution is 0.310. The quantitative estimate of drug-likeness (QED) is 0.547. The molecule has 0 unspecified atom stereocenters. The Morgan fingerprint density at radius 3 is 2.80 bits per heavy atom. The van der Waals surface area contributed by atoms with Gasteiger partial charge in [-0.2, -0.15) is 0 Å². The van der Waals surface area contributed by atoms with Gasteiger partial charge in [0.05, 0.1) is 20.3 Å². The molecular formula is C11H13NO3. The number of nitrogens with zero attached hydrogens (tertiary/aromatic N) is 1. The first-order chi connectivity index (χ1) is 7.31. The third kappa shape index (κ3) is 3.11. The van der Waals surface area contributed by atoms with Gasteiger partial charge in [0.1, 0.15) is 0 Å². The Hall–Kier alpha value is -1.80. The molecule has 4 nitrogen and oxygen atoms in total. The molecule has 1 aromatic rings. The van der Waals surface area contributed by atoms with E-state index in [1.807, 2.05) is 13.0 Å². The zero-order chi connectivity index (χ0) is 11.1. The van der Waals surface area contributed by atoms with Crippen LogP contribution >= 0.6 is 0 Å². The second-order valence-electron chi connectivity index (χ2n) is 2.83. The molecule has 0 N–H and O–H groups in total. The van der Waals surface area contributed by atoms with Crippen molar-refractivity contribution in [2.24, 2.45) is 4.99 Å². The zero-order valence-electron chi connectivity index (χ0n) is 8.82. The number of carbonyl (C=O) groups excluding carboxylic acids is 1. The maximum Gasteiger partial charge on any atom is 0.235 e. The van der Waals surface area contributed by atoms with Crippen molar-refractivity contribution in [3.05, 3.63) is 23.8 Å². The molecule has 0 heterocycles. The molecule has 1 rings (SSSR count). The molecule has 0 saturated carbocycles. The van der Waals surface area contributed by atoms with Crippen molar-refractivity contribution in [2.45, 2.75) is 13.5 Å². The minimum atomic E-state index is 0.312. The van der Waals surface area contributed by atoms with Gasteiger partial charge in [-0.05, 0) is 24.6 Å². The van der Waals surface area contributed by atoms with Crippen LogP contribution in [0, 0.1) is 0 Å². The van der Waals surface area contributed by atoms with E-state index < -0.39 is 0 Å². The van der Waals surface area contributed by atoms with Crippen LogP contribution in [0.4, 0.5) is 0 Å². The van der Waals surface area contributed by atoms with Crippen LogP contribution < -0.4 is 9.47 Å². The van der Waals surface area contributed by atoms with Gasteiger partial charge in [-0.3, -0.25) is 0 Å². The largest absolute Gasteiger partial charge is 0.493 e. The van der Waals surface area contributed by atoms with E-state index in [1.165, 1.54) is 6.08 Å². The van der Waals surface area contributed by atoms with E-state index in [-0.39, 0.29) is 0 Å². The van der Waals surface area contributed by atoms with E-state index in [0.29, 0.717) is 24.7 Å². The van der Waals surface area contributed by atoms with Gasteiger partial charge in [-0.1, -0.05) is 6.07 Å². The summed E-state index contributed by atoms with van der Waals surface area (Å²) in [5.41, 5.74) is 0.888. The second-order valence-corrected chi connectivity index (χ2v) is 2.83. The van der Waals surface area contributed by atoms with Gasteiger partial charge in [-0.15, -0.1) is 0 Å². The first-order valence-electron chi connectivity index (χ1n) is 4.65. The highest BCUT2D eigenvalue weighted by Gasteiger charge is 2.04. The van der Waals surface area contributed by atoms with Crippen LogP contribution in [-0.4, -0.2) is 19.8 Å². The van der Waals surface area contributed by atoms with Crippen molar-refractivity contribution in [2.75, 3.05) is 13.7 Å². The van der Waals surface area contributed by atoms with Gasteiger partial charge in [0.25, 0.3) is 0 Å². The lowest BCUT2D eigenvalue weighted by Crippen LogP contribution is -1.96. The summed E-state index contributed by atoms with van der Waals surface area (Å²) in [7, 11) is 1.57. The average molecular weight is 207 g/mol. The highest BCUT2D eigenvalue weighted by Crippen LogP contribution is 2.28. The summed E-state index contributed by atoms with van der Waals surface area (Å²) < 4.78 is 10.5. The first-order valence-corrected chi connectivity index (χ1v) is 4.65. The maximum absolute atomic E-state index is 9.95. The molecule has 0 aliphatic rings. The van der Waals surface area contributed by atoms with Gasteiger partial charge in [0, 0.05) is 0 Å². The fourth-order valence-corrected chi connectivity index (χ4v) is 1.21. The highest BCUT2D eigenvalue weighted by molar-refractivity contribution is 5.43. The summed E-state index contributed by atoms with van der Waals surface area (Å²) in [5, 5.41) is 0. The fraction of sp³-hybridized carbons (Fsp3) is 0.364. The zero-order valence-corrected chi connectivity index (χ0v) is 8.82. The number of aliphatic imine (C=N–C) groups is 1. The van der Waals surface area contributed by atoms with Crippen LogP contribution in [0.15, 0.2) is 23.2 Å². The Morgan fingerprint density at radius 1 is 1.40 bits per heavy atom. The summed E-state index contributed by atoms with van der Waals surface area (Å²) in [6.07, 6.45) is 1.50. The lowest BCUT2D eigenvalue weighted by Gasteiger charge is -2.09. The summed E-state index contributed by atoms with van der Waals surface area (Å²) in [6.45, 7) is 2.80. The van der Waals surface area contributed by atoms with Crippen molar-refractivity contribution in [3.8, 4) is 11.5 Å². The summed E-state index contributed by atoms with van der Waals surface area (Å²) in [4.78, 5) is 13.4. The van der Waals surface area contributed by atoms with E-state index in [4.69, 9.17) is 9.47 Å². The number of benzene rings is 1. The Kier molecular flexibility index (Phi) is 4.38. The van der Waals surface area contributed by atoms with E-state index >= 15 is 0 Å². The van der Waals surface area contributed by atoms with Crippen LogP contribution in [-0.2, 0) is 11.3 Å². The monoisotopic (exact) mass is 207 g/mol. The molecule has 0 aliphatic heterocycles. The number of isocyanates is 1. The van der Waals surface area contributed by atoms with E-state index in [9.17, 15) is 4.79 Å². The van der Waals surface area contributed by atoms with Crippen LogP contribution in [0.25, 0.3) is 0 Å². The van der Waals surface area contributed by atoms with E-state index in [0.717, 1.165) is 5.56 Å². The van der Waals surface area contributed by atoms with Crippen molar-refractivity contribution >= 4 is 6.08 Å². The minimum Gasteiger partial charge on any atom is -0.493 e. The fourth-order valence-electron chi connectivity index (χ4n) is 1.21. The van der Waals surface area contributed by atoms with Gasteiger partial charge >= 0.3 is 0 Å². The third-order valence-corrected chi connectivity index (χ3v) is 1.85. The molecular weight excluding hydrogens is 194 g/mol. The lowest BCUT2D eigenvalue weighted by atomic mass is 10.2. The Morgan fingerprint density at radius 2 is 2.20 bits per heavy atom. The number of methoxy groups -OCH3 is 1. The van der Waals surface area contributed by atoms with E-state index in [1.54, 1.807) is 19.2 Å². The molecule has 0 aromatic heterocycles. The van der Waals surface area contributed by atoms with Crippen molar-refractivity contribution < 1.29 is 14.3 Å². The van der Waals surface area contributed by atoms with Gasteiger partial charge in [-0.25, -0.2) is 9.79 Å².